The van der Waals surface area contributed by atoms with Gasteiger partial charge in [0.25, 0.3) is 0 Å². The average molecular weight is 275 g/mol. The van der Waals surface area contributed by atoms with Gasteiger partial charge in [0.15, 0.2) is 0 Å². The van der Waals surface area contributed by atoms with Crippen molar-refractivity contribution >= 4 is 17.7 Å². The van der Waals surface area contributed by atoms with Crippen molar-refractivity contribution in [3.8, 4) is 0 Å². The fourth-order valence-electron chi connectivity index (χ4n) is 2.49. The molecule has 4 nitrogen and oxygen atoms in total. The van der Waals surface area contributed by atoms with Crippen LogP contribution in [-0.4, -0.2) is 45.9 Å². The topological polar surface area (TPSA) is 69.6 Å². The Kier molecular flexibility index (Phi) is 6.46. The van der Waals surface area contributed by atoms with Gasteiger partial charge in [0, 0.05) is 11.9 Å². The monoisotopic (exact) mass is 275 g/mol. The third-order valence-corrected chi connectivity index (χ3v) is 5.19. The molecule has 106 valence electrons. The lowest BCUT2D eigenvalue weighted by Crippen LogP contribution is -2.55. The molecule has 0 bridgehead atoms. The normalized spacial score (nSPS) is 30.1. The fourth-order valence-corrected chi connectivity index (χ4v) is 3.93. The predicted octanol–water partition coefficient (Wildman–Crippen LogP) is 1.72. The molecule has 0 heterocycles. The Morgan fingerprint density at radius 3 is 2.89 bits per heavy atom. The van der Waals surface area contributed by atoms with Gasteiger partial charge in [-0.3, -0.25) is 4.79 Å². The minimum Gasteiger partial charge on any atom is -0.480 e. The molecule has 1 aliphatic carbocycles. The summed E-state index contributed by atoms with van der Waals surface area (Å²) in [7, 11) is 0. The minimum absolute atomic E-state index is 0.205. The van der Waals surface area contributed by atoms with Gasteiger partial charge in [0.05, 0.1) is 0 Å². The van der Waals surface area contributed by atoms with Gasteiger partial charge in [-0.05, 0) is 43.9 Å². The highest BCUT2D eigenvalue weighted by molar-refractivity contribution is 7.99. The Morgan fingerprint density at radius 2 is 2.33 bits per heavy atom. The molecule has 3 atom stereocenters. The molecule has 0 saturated heterocycles. The van der Waals surface area contributed by atoms with Gasteiger partial charge in [-0.25, -0.2) is 0 Å². The van der Waals surface area contributed by atoms with Crippen molar-refractivity contribution < 1.29 is 15.0 Å². The second-order valence-corrected chi connectivity index (χ2v) is 6.59. The lowest BCUT2D eigenvalue weighted by atomic mass is 9.81. The maximum absolute atomic E-state index is 11.5. The zero-order valence-electron chi connectivity index (χ0n) is 11.3. The number of carboxylic acid groups (broad SMARTS) is 1. The molecule has 18 heavy (non-hydrogen) atoms. The van der Waals surface area contributed by atoms with E-state index in [0.29, 0.717) is 18.2 Å². The van der Waals surface area contributed by atoms with Crippen molar-refractivity contribution in [3.05, 3.63) is 0 Å². The first-order valence-electron chi connectivity index (χ1n) is 6.75. The molecule has 1 fully saturated rings. The van der Waals surface area contributed by atoms with Crippen molar-refractivity contribution in [2.24, 2.45) is 5.92 Å². The molecule has 1 rings (SSSR count). The van der Waals surface area contributed by atoms with Gasteiger partial charge in [-0.15, -0.1) is 0 Å². The Balaban J connectivity index is 2.55. The van der Waals surface area contributed by atoms with Crippen LogP contribution in [0, 0.1) is 5.92 Å². The molecular formula is C13H25NO3S. The summed E-state index contributed by atoms with van der Waals surface area (Å²) in [5, 5.41) is 22.0. The van der Waals surface area contributed by atoms with Crippen LogP contribution in [-0.2, 0) is 4.79 Å². The molecule has 0 amide bonds. The first kappa shape index (κ1) is 15.8. The van der Waals surface area contributed by atoms with E-state index in [9.17, 15) is 9.90 Å². The third kappa shape index (κ3) is 4.14. The van der Waals surface area contributed by atoms with Crippen LogP contribution in [0.2, 0.25) is 0 Å². The van der Waals surface area contributed by atoms with E-state index in [1.807, 2.05) is 25.6 Å². The Hall–Kier alpha value is -0.260. The molecule has 0 radical (unpaired) electrons. The standard InChI is InChI=1S/C13H25NO3S/c1-3-14-13(12(16)17)6-4-5-11(7-13)18-9-10(2)8-15/h10-11,14-15H,3-9H2,1-2H3,(H,16,17). The maximum atomic E-state index is 11.5. The lowest BCUT2D eigenvalue weighted by molar-refractivity contribution is -0.146. The Labute approximate surface area is 114 Å². The number of hydrogen-bond donors (Lipinski definition) is 3. The number of carbonyl (C=O) groups is 1. The molecule has 0 aliphatic heterocycles. The lowest BCUT2D eigenvalue weighted by Gasteiger charge is -2.38. The third-order valence-electron chi connectivity index (χ3n) is 3.56. The summed E-state index contributed by atoms with van der Waals surface area (Å²) in [6.07, 6.45) is 3.47. The van der Waals surface area contributed by atoms with Crippen LogP contribution in [0.4, 0.5) is 0 Å². The number of aliphatic hydroxyl groups excluding tert-OH is 1. The van der Waals surface area contributed by atoms with Crippen LogP contribution in [0.15, 0.2) is 0 Å². The van der Waals surface area contributed by atoms with Crippen LogP contribution < -0.4 is 5.32 Å². The minimum atomic E-state index is -0.729. The summed E-state index contributed by atoms with van der Waals surface area (Å²) >= 11 is 1.81. The molecule has 3 unspecified atom stereocenters. The summed E-state index contributed by atoms with van der Waals surface area (Å²) in [6.45, 7) is 4.87. The number of hydrogen-bond acceptors (Lipinski definition) is 4. The second-order valence-electron chi connectivity index (χ2n) is 5.26. The van der Waals surface area contributed by atoms with Crippen LogP contribution in [0.25, 0.3) is 0 Å². The zero-order valence-corrected chi connectivity index (χ0v) is 12.1. The van der Waals surface area contributed by atoms with E-state index in [0.717, 1.165) is 25.0 Å². The SMILES string of the molecule is CCNC1(C(=O)O)CCCC(SCC(C)CO)C1. The number of likely N-dealkylation sites (N-methyl/N-ethyl adjacent to an activating group) is 1. The summed E-state index contributed by atoms with van der Waals surface area (Å²) in [6, 6.07) is 0. The van der Waals surface area contributed by atoms with E-state index in [1.54, 1.807) is 0 Å². The Morgan fingerprint density at radius 1 is 1.61 bits per heavy atom. The molecule has 0 spiro atoms. The van der Waals surface area contributed by atoms with Crippen molar-refractivity contribution in [2.75, 3.05) is 18.9 Å². The van der Waals surface area contributed by atoms with Gasteiger partial charge in [-0.2, -0.15) is 11.8 Å². The zero-order chi connectivity index (χ0) is 13.6. The smallest absolute Gasteiger partial charge is 0.323 e. The Bertz CT molecular complexity index is 271. The van der Waals surface area contributed by atoms with Crippen LogP contribution >= 0.6 is 11.8 Å². The molecule has 0 aromatic heterocycles. The van der Waals surface area contributed by atoms with Gasteiger partial charge in [0.2, 0.25) is 0 Å². The first-order chi connectivity index (χ1) is 8.54. The first-order valence-corrected chi connectivity index (χ1v) is 7.80. The van der Waals surface area contributed by atoms with Gasteiger partial charge in [0.1, 0.15) is 5.54 Å². The van der Waals surface area contributed by atoms with Crippen molar-refractivity contribution in [2.45, 2.75) is 50.3 Å². The number of aliphatic carboxylic acids is 1. The van der Waals surface area contributed by atoms with E-state index < -0.39 is 11.5 Å². The van der Waals surface area contributed by atoms with Crippen LogP contribution in [0.5, 0.6) is 0 Å². The van der Waals surface area contributed by atoms with Crippen molar-refractivity contribution in [1.82, 2.24) is 5.32 Å². The van der Waals surface area contributed by atoms with Crippen LogP contribution in [0.1, 0.15) is 39.5 Å². The molecule has 0 aromatic carbocycles. The quantitative estimate of drug-likeness (QED) is 0.660. The maximum Gasteiger partial charge on any atom is 0.323 e. The van der Waals surface area contributed by atoms with E-state index in [2.05, 4.69) is 5.32 Å². The summed E-state index contributed by atoms with van der Waals surface area (Å²) in [4.78, 5) is 11.5. The highest BCUT2D eigenvalue weighted by Crippen LogP contribution is 2.36. The highest BCUT2D eigenvalue weighted by atomic mass is 32.2. The summed E-state index contributed by atoms with van der Waals surface area (Å²) in [5.74, 6) is 0.475. The summed E-state index contributed by atoms with van der Waals surface area (Å²) in [5.41, 5.74) is -0.729. The fraction of sp³-hybridized carbons (Fsp3) is 0.923. The van der Waals surface area contributed by atoms with E-state index in [1.165, 1.54) is 0 Å². The average Bonchev–Trinajstić information content (AvgIpc) is 2.36. The van der Waals surface area contributed by atoms with Gasteiger partial charge in [-0.1, -0.05) is 13.8 Å². The molecule has 3 N–H and O–H groups in total. The van der Waals surface area contributed by atoms with E-state index >= 15 is 0 Å². The van der Waals surface area contributed by atoms with E-state index in [4.69, 9.17) is 5.11 Å². The van der Waals surface area contributed by atoms with Crippen molar-refractivity contribution in [1.29, 1.82) is 0 Å². The number of nitrogens with one attached hydrogen (secondary N) is 1. The predicted molar refractivity (Wildman–Crippen MR) is 75.0 cm³/mol. The van der Waals surface area contributed by atoms with E-state index in [-0.39, 0.29) is 12.5 Å². The molecule has 0 aromatic rings. The van der Waals surface area contributed by atoms with Gasteiger partial charge >= 0.3 is 5.97 Å². The van der Waals surface area contributed by atoms with Crippen LogP contribution in [0.3, 0.4) is 0 Å². The van der Waals surface area contributed by atoms with Gasteiger partial charge < -0.3 is 15.5 Å². The molecular weight excluding hydrogens is 250 g/mol. The summed E-state index contributed by atoms with van der Waals surface area (Å²) < 4.78 is 0. The number of carboxylic acids is 1. The number of rotatable bonds is 7. The molecule has 5 heteroatoms. The number of aliphatic hydroxyl groups is 1. The second kappa shape index (κ2) is 7.36. The molecule has 1 aliphatic rings. The largest absolute Gasteiger partial charge is 0.480 e. The number of thioether (sulfide) groups is 1. The highest BCUT2D eigenvalue weighted by Gasteiger charge is 2.42. The molecule has 1 saturated carbocycles. The van der Waals surface area contributed by atoms with Crippen molar-refractivity contribution in [3.63, 3.8) is 0 Å².